The number of thiazole rings is 1. The number of rotatable bonds is 6. The molecule has 70 heavy (non-hydrogen) atoms. The molecule has 0 N–H and O–H groups in total. The van der Waals surface area contributed by atoms with Crippen LogP contribution in [-0.2, 0) is 56.0 Å². The zero-order valence-electron chi connectivity index (χ0n) is 33.8. The first kappa shape index (κ1) is 56.2. The number of aromatic nitrogens is 1. The molecule has 0 fully saturated rings. The molecule has 0 unspecified atom stereocenters. The molecule has 1 heterocycles. The molecule has 0 amide bonds. The standard InChI is InChI=1S/C32H12BF24.C9H8N3S/c34-25(35,36)13-1-14(26(37,38)39)6-21(5-13)33(22-7-15(27(40,41)42)2-16(8-22)28(43,44)45,23-9-17(29(46,47)48)3-18(10-23)30(49,50)51)24-11-19(31(52,53)54)4-20(12-24)32(55,56)57;1-8(9(4-10)5-11)6-12-2-3-13-7-12/h1-12H;2-3,7H,6H2,1H3/q-1;+1. The molecular weight excluding hydrogens is 1030 g/mol. The van der Waals surface area contributed by atoms with Gasteiger partial charge in [-0.15, -0.1) is 0 Å². The molecule has 0 radical (unpaired) electrons. The predicted octanol–water partition coefficient (Wildman–Crippen LogP) is 12.6. The van der Waals surface area contributed by atoms with Crippen LogP contribution in [0.5, 0.6) is 0 Å². The highest BCUT2D eigenvalue weighted by Crippen LogP contribution is 2.41. The molecule has 376 valence electrons. The fourth-order valence-electron chi connectivity index (χ4n) is 6.99. The van der Waals surface area contributed by atoms with Crippen LogP contribution in [-0.4, -0.2) is 6.15 Å². The van der Waals surface area contributed by atoms with E-state index in [2.05, 4.69) is 0 Å². The summed E-state index contributed by atoms with van der Waals surface area (Å²) in [5, 5.41) is 19.1. The number of hydrogen-bond donors (Lipinski definition) is 0. The van der Waals surface area contributed by atoms with Gasteiger partial charge < -0.3 is 0 Å². The Hall–Kier alpha value is -6.39. The average molecular weight is 1050 g/mol. The summed E-state index contributed by atoms with van der Waals surface area (Å²) >= 11 is 1.58. The van der Waals surface area contributed by atoms with E-state index in [-0.39, 0.29) is 5.57 Å². The van der Waals surface area contributed by atoms with Gasteiger partial charge >= 0.3 is 49.4 Å². The van der Waals surface area contributed by atoms with Crippen LogP contribution in [0.25, 0.3) is 0 Å². The summed E-state index contributed by atoms with van der Waals surface area (Å²) in [6.45, 7) is 2.41. The van der Waals surface area contributed by atoms with E-state index >= 15 is 0 Å². The van der Waals surface area contributed by atoms with E-state index in [1.165, 1.54) is 0 Å². The molecule has 29 heteroatoms. The minimum atomic E-state index is -6.13. The Bertz CT molecular complexity index is 2370. The maximum Gasteiger partial charge on any atom is 0.416 e. The van der Waals surface area contributed by atoms with Crippen LogP contribution in [0.3, 0.4) is 0 Å². The highest BCUT2D eigenvalue weighted by Gasteiger charge is 2.47. The second kappa shape index (κ2) is 19.1. The number of alkyl halides is 24. The van der Waals surface area contributed by atoms with Crippen molar-refractivity contribution >= 4 is 39.3 Å². The smallest absolute Gasteiger partial charge is 0.194 e. The second-order valence-electron chi connectivity index (χ2n) is 14.8. The quantitative estimate of drug-likeness (QED) is 0.0736. The van der Waals surface area contributed by atoms with E-state index in [0.717, 1.165) is 5.57 Å². The third-order valence-corrected chi connectivity index (χ3v) is 10.7. The monoisotopic (exact) mass is 1050 g/mol. The molecule has 0 saturated heterocycles. The van der Waals surface area contributed by atoms with Gasteiger partial charge in [-0.1, -0.05) is 59.9 Å². The van der Waals surface area contributed by atoms with Crippen molar-refractivity contribution in [2.24, 2.45) is 0 Å². The maximum atomic E-state index is 14.2. The van der Waals surface area contributed by atoms with Gasteiger partial charge in [0.1, 0.15) is 23.9 Å². The fraction of sp³-hybridized carbons (Fsp3) is 0.244. The van der Waals surface area contributed by atoms with Crippen molar-refractivity contribution in [3.05, 3.63) is 146 Å². The minimum absolute atomic E-state index is 0.207. The van der Waals surface area contributed by atoms with Crippen LogP contribution in [0.2, 0.25) is 0 Å². The van der Waals surface area contributed by atoms with E-state index in [9.17, 15) is 105 Å². The van der Waals surface area contributed by atoms with E-state index in [4.69, 9.17) is 10.5 Å². The van der Waals surface area contributed by atoms with Crippen molar-refractivity contribution < 1.29 is 110 Å². The van der Waals surface area contributed by atoms with Crippen LogP contribution in [0.1, 0.15) is 51.4 Å². The van der Waals surface area contributed by atoms with E-state index < -0.39 is 195 Å². The molecule has 4 aromatic carbocycles. The first-order chi connectivity index (χ1) is 31.5. The first-order valence-corrected chi connectivity index (χ1v) is 19.2. The molecule has 1 aromatic heterocycles. The largest absolute Gasteiger partial charge is 0.416 e. The van der Waals surface area contributed by atoms with Gasteiger partial charge in [0.25, 0.3) is 0 Å². The molecule has 0 aliphatic carbocycles. The number of halogens is 24. The Kier molecular flexibility index (Phi) is 15.3. The summed E-state index contributed by atoms with van der Waals surface area (Å²) < 4.78 is 343. The summed E-state index contributed by atoms with van der Waals surface area (Å²) in [4.78, 5) is 0. The van der Waals surface area contributed by atoms with E-state index in [1.807, 2.05) is 33.8 Å². The zero-order valence-corrected chi connectivity index (χ0v) is 34.6. The molecule has 5 rings (SSSR count). The van der Waals surface area contributed by atoms with Gasteiger partial charge in [0.15, 0.2) is 12.7 Å². The van der Waals surface area contributed by atoms with Crippen LogP contribution in [0.15, 0.2) is 101 Å². The van der Waals surface area contributed by atoms with Gasteiger partial charge in [-0.25, -0.2) is 0 Å². The van der Waals surface area contributed by atoms with Crippen molar-refractivity contribution in [1.29, 1.82) is 10.5 Å². The molecule has 5 aromatic rings. The van der Waals surface area contributed by atoms with Gasteiger partial charge in [0, 0.05) is 5.57 Å². The zero-order chi connectivity index (χ0) is 53.6. The lowest BCUT2D eigenvalue weighted by atomic mass is 9.12. The van der Waals surface area contributed by atoms with Gasteiger partial charge in [-0.2, -0.15) is 142 Å². The maximum absolute atomic E-state index is 14.2. The van der Waals surface area contributed by atoms with Gasteiger partial charge in [0.2, 0.25) is 5.51 Å². The topological polar surface area (TPSA) is 51.5 Å². The predicted molar refractivity (Wildman–Crippen MR) is 199 cm³/mol. The van der Waals surface area contributed by atoms with Gasteiger partial charge in [-0.3, -0.25) is 0 Å². The Balaban J connectivity index is 0.000000707. The van der Waals surface area contributed by atoms with Crippen LogP contribution < -0.4 is 26.4 Å². The molecule has 3 nitrogen and oxygen atoms in total. The third kappa shape index (κ3) is 12.9. The fourth-order valence-corrected chi connectivity index (χ4v) is 7.59. The van der Waals surface area contributed by atoms with Crippen molar-refractivity contribution in [2.75, 3.05) is 0 Å². The summed E-state index contributed by atoms with van der Waals surface area (Å²) in [5.74, 6) is 0. The minimum Gasteiger partial charge on any atom is -0.194 e. The van der Waals surface area contributed by atoms with Crippen LogP contribution >= 0.6 is 11.3 Å². The highest BCUT2D eigenvalue weighted by molar-refractivity contribution is 7.20. The van der Waals surface area contributed by atoms with Crippen molar-refractivity contribution in [3.8, 4) is 12.1 Å². The lowest BCUT2D eigenvalue weighted by molar-refractivity contribution is -0.684. The molecule has 0 aliphatic heterocycles. The van der Waals surface area contributed by atoms with Gasteiger partial charge in [-0.05, 0) is 31.2 Å². The Morgan fingerprint density at radius 3 is 0.786 bits per heavy atom. The Morgan fingerprint density at radius 2 is 0.629 bits per heavy atom. The molecule has 0 saturated carbocycles. The number of benzene rings is 4. The van der Waals surface area contributed by atoms with Crippen molar-refractivity contribution in [1.82, 2.24) is 0 Å². The lowest BCUT2D eigenvalue weighted by Crippen LogP contribution is -2.75. The van der Waals surface area contributed by atoms with Crippen molar-refractivity contribution in [3.63, 3.8) is 0 Å². The third-order valence-electron chi connectivity index (χ3n) is 10.0. The number of hydrogen-bond acceptors (Lipinski definition) is 3. The molecular formula is C41H20BF24N3S. The van der Waals surface area contributed by atoms with Crippen molar-refractivity contribution in [2.45, 2.75) is 62.9 Å². The number of nitriles is 2. The number of allylic oxidation sites excluding steroid dienone is 2. The highest BCUT2D eigenvalue weighted by atomic mass is 32.1. The summed E-state index contributed by atoms with van der Waals surface area (Å²) in [6, 6.07) is -5.07. The normalized spacial score (nSPS) is 13.2. The second-order valence-corrected chi connectivity index (χ2v) is 15.6. The number of nitrogens with zero attached hydrogens (tertiary/aromatic N) is 3. The summed E-state index contributed by atoms with van der Waals surface area (Å²) in [5.41, 5.74) is -27.3. The van der Waals surface area contributed by atoms with Crippen LogP contribution in [0.4, 0.5) is 105 Å². The average Bonchev–Trinajstić information content (AvgIpc) is 3.72. The van der Waals surface area contributed by atoms with E-state index in [0.29, 0.717) is 6.54 Å². The summed E-state index contributed by atoms with van der Waals surface area (Å²) in [7, 11) is 0. The van der Waals surface area contributed by atoms with Gasteiger partial charge in [0.05, 0.1) is 49.9 Å². The Labute approximate surface area is 380 Å². The molecule has 0 aliphatic rings. The Morgan fingerprint density at radius 1 is 0.414 bits per heavy atom. The molecule has 0 bridgehead atoms. The lowest BCUT2D eigenvalue weighted by Gasteiger charge is -2.46. The molecule has 0 atom stereocenters. The van der Waals surface area contributed by atoms with E-state index in [1.54, 1.807) is 18.3 Å². The first-order valence-electron chi connectivity index (χ1n) is 18.3. The van der Waals surface area contributed by atoms with Crippen LogP contribution in [0, 0.1) is 22.7 Å². The SMILES string of the molecule is CC(C[n+]1ccsc1)=C(C#N)C#N.FC(F)(F)c1cc([B-](c2cc(C(F)(F)F)cc(C(F)(F)F)c2)(c2cc(C(F)(F)F)cc(C(F)(F)F)c2)c2cc(C(F)(F)F)cc(C(F)(F)F)c2)cc(C(F)(F)F)c1. The molecule has 0 spiro atoms. The summed E-state index contributed by atoms with van der Waals surface area (Å²) in [6.07, 6.45) is -52.9.